The number of nitrogens with zero attached hydrogens (tertiary/aromatic N) is 2. The fraction of sp³-hybridized carbons (Fsp3) is 0.692. The van der Waals surface area contributed by atoms with Gasteiger partial charge >= 0.3 is 11.8 Å². The van der Waals surface area contributed by atoms with Gasteiger partial charge < -0.3 is 9.64 Å². The Hall–Kier alpha value is -1.68. The third-order valence-corrected chi connectivity index (χ3v) is 5.81. The van der Waals surface area contributed by atoms with Crippen molar-refractivity contribution in [2.24, 2.45) is 0 Å². The molecule has 30 heavy (non-hydrogen) atoms. The lowest BCUT2D eigenvalue weighted by Crippen LogP contribution is -2.38. The van der Waals surface area contributed by atoms with Crippen LogP contribution in [0.5, 0.6) is 5.88 Å². The number of pyridine rings is 1. The van der Waals surface area contributed by atoms with Gasteiger partial charge in [0.25, 0.3) is 0 Å². The van der Waals surface area contributed by atoms with Crippen molar-refractivity contribution in [1.82, 2.24) is 4.90 Å². The van der Waals surface area contributed by atoms with Gasteiger partial charge in [0.05, 0.1) is 5.56 Å². The highest BCUT2D eigenvalue weighted by atomic mass is 16.5. The average Bonchev–Trinajstić information content (AvgIpc) is 2.77. The van der Waals surface area contributed by atoms with Crippen molar-refractivity contribution >= 4 is 5.97 Å². The van der Waals surface area contributed by atoms with E-state index in [1.54, 1.807) is 0 Å². The summed E-state index contributed by atoms with van der Waals surface area (Å²) in [7, 11) is 0. The molecule has 170 valence electrons. The minimum absolute atomic E-state index is 0.387. The first-order valence-corrected chi connectivity index (χ1v) is 12.2. The Balaban J connectivity index is 2.53. The number of aromatic nitrogens is 1. The number of hydrogen-bond acceptors (Lipinski definition) is 3. The molecule has 0 radical (unpaired) electrons. The number of rotatable bonds is 18. The quantitative estimate of drug-likeness (QED) is 0.130. The van der Waals surface area contributed by atoms with E-state index in [-0.39, 0.29) is 5.97 Å². The first-order valence-electron chi connectivity index (χ1n) is 12.2. The summed E-state index contributed by atoms with van der Waals surface area (Å²) in [6, 6.07) is 4.14. The molecule has 0 N–H and O–H groups in total. The Morgan fingerprint density at radius 1 is 1.00 bits per heavy atom. The zero-order valence-corrected chi connectivity index (χ0v) is 19.8. The summed E-state index contributed by atoms with van der Waals surface area (Å²) in [6.45, 7) is 14.1. The van der Waals surface area contributed by atoms with E-state index >= 15 is 0 Å². The van der Waals surface area contributed by atoms with Gasteiger partial charge in [-0.05, 0) is 32.0 Å². The lowest BCUT2D eigenvalue weighted by molar-refractivity contribution is -0.701. The normalized spacial score (nSPS) is 11.1. The number of hydrogen-bond donors (Lipinski definition) is 0. The smallest absolute Gasteiger partial charge is 0.367 e. The summed E-state index contributed by atoms with van der Waals surface area (Å²) in [5, 5.41) is 0. The Morgan fingerprint density at radius 3 is 2.17 bits per heavy atom. The molecule has 0 spiro atoms. The topological polar surface area (TPSA) is 33.4 Å². The van der Waals surface area contributed by atoms with Crippen LogP contribution in [0.1, 0.15) is 90.5 Å². The summed E-state index contributed by atoms with van der Waals surface area (Å²) in [4.78, 5) is 14.3. The van der Waals surface area contributed by atoms with Gasteiger partial charge in [0, 0.05) is 25.1 Å². The van der Waals surface area contributed by atoms with E-state index < -0.39 is 0 Å². The van der Waals surface area contributed by atoms with E-state index in [4.69, 9.17) is 4.74 Å². The lowest BCUT2D eigenvalue weighted by atomic mass is 10.1. The highest BCUT2D eigenvalue weighted by Crippen LogP contribution is 2.16. The van der Waals surface area contributed by atoms with Crippen LogP contribution in [0.15, 0.2) is 31.0 Å². The van der Waals surface area contributed by atoms with Crippen molar-refractivity contribution in [3.63, 3.8) is 0 Å². The Labute approximate surface area is 185 Å². The number of carbonyl (C=O) groups is 1. The zero-order chi connectivity index (χ0) is 22.0. The molecule has 0 aliphatic rings. The maximum atomic E-state index is 11.9. The van der Waals surface area contributed by atoms with Crippen LogP contribution in [0.3, 0.4) is 0 Å². The molecule has 0 atom stereocenters. The van der Waals surface area contributed by atoms with Gasteiger partial charge in [-0.1, -0.05) is 78.7 Å². The molecule has 0 aliphatic heterocycles. The standard InChI is InChI=1S/C26H45N2O2/c1-5-9-10-11-12-13-14-15-16-17-21-28-22-18-19-24(20-23-27(7-3)8-4)26(28)30-25(29)6-2/h6,18-19,22H,2,5,7-17,20-21,23H2,1,3-4H3/q+1. The van der Waals surface area contributed by atoms with E-state index in [9.17, 15) is 4.79 Å². The lowest BCUT2D eigenvalue weighted by Gasteiger charge is -2.18. The van der Waals surface area contributed by atoms with Crippen LogP contribution < -0.4 is 9.30 Å². The number of aryl methyl sites for hydroxylation is 1. The zero-order valence-electron chi connectivity index (χ0n) is 19.8. The van der Waals surface area contributed by atoms with Gasteiger partial charge in [-0.2, -0.15) is 4.57 Å². The van der Waals surface area contributed by atoms with E-state index in [1.165, 1.54) is 63.9 Å². The summed E-state index contributed by atoms with van der Waals surface area (Å²) in [5.74, 6) is 0.299. The predicted octanol–water partition coefficient (Wildman–Crippen LogP) is 5.87. The van der Waals surface area contributed by atoms with Gasteiger partial charge in [0.2, 0.25) is 0 Å². The van der Waals surface area contributed by atoms with E-state index in [1.807, 2.05) is 6.20 Å². The van der Waals surface area contributed by atoms with E-state index in [0.717, 1.165) is 44.6 Å². The Bertz CT molecular complexity index is 597. The van der Waals surface area contributed by atoms with Crippen molar-refractivity contribution in [1.29, 1.82) is 0 Å². The molecule has 0 amide bonds. The van der Waals surface area contributed by atoms with Crippen molar-refractivity contribution < 1.29 is 14.1 Å². The molecular weight excluding hydrogens is 372 g/mol. The minimum Gasteiger partial charge on any atom is -0.367 e. The Kier molecular flexibility index (Phi) is 15.0. The van der Waals surface area contributed by atoms with Crippen molar-refractivity contribution in [2.75, 3.05) is 19.6 Å². The predicted molar refractivity (Wildman–Crippen MR) is 126 cm³/mol. The first-order chi connectivity index (χ1) is 14.7. The molecule has 1 aromatic heterocycles. The molecule has 1 rings (SSSR count). The van der Waals surface area contributed by atoms with Crippen LogP contribution in [-0.2, 0) is 17.8 Å². The number of ether oxygens (including phenoxy) is 1. The number of unbranched alkanes of at least 4 members (excludes halogenated alkanes) is 9. The van der Waals surface area contributed by atoms with Gasteiger partial charge in [0.15, 0.2) is 12.7 Å². The summed E-state index contributed by atoms with van der Waals surface area (Å²) < 4.78 is 7.76. The van der Waals surface area contributed by atoms with E-state index in [0.29, 0.717) is 5.88 Å². The highest BCUT2D eigenvalue weighted by Gasteiger charge is 2.20. The van der Waals surface area contributed by atoms with Gasteiger partial charge in [-0.15, -0.1) is 0 Å². The average molecular weight is 418 g/mol. The second kappa shape index (κ2) is 17.0. The highest BCUT2D eigenvalue weighted by molar-refractivity contribution is 5.83. The monoisotopic (exact) mass is 417 g/mol. The molecular formula is C26H45N2O2+. The molecule has 1 heterocycles. The van der Waals surface area contributed by atoms with Crippen molar-refractivity contribution in [3.8, 4) is 5.88 Å². The maximum absolute atomic E-state index is 11.9. The summed E-state index contributed by atoms with van der Waals surface area (Å²) >= 11 is 0. The number of carbonyl (C=O) groups excluding carboxylic acids is 1. The summed E-state index contributed by atoms with van der Waals surface area (Å²) in [5.41, 5.74) is 1.09. The molecule has 0 aromatic carbocycles. The van der Waals surface area contributed by atoms with Crippen LogP contribution in [0, 0.1) is 0 Å². The third kappa shape index (κ3) is 10.9. The van der Waals surface area contributed by atoms with Crippen molar-refractivity contribution in [2.45, 2.75) is 97.9 Å². The Morgan fingerprint density at radius 2 is 1.60 bits per heavy atom. The second-order valence-electron chi connectivity index (χ2n) is 8.12. The minimum atomic E-state index is -0.387. The van der Waals surface area contributed by atoms with E-state index in [2.05, 4.69) is 48.9 Å². The molecule has 0 fully saturated rings. The van der Waals surface area contributed by atoms with Crippen molar-refractivity contribution in [3.05, 3.63) is 36.5 Å². The van der Waals surface area contributed by atoms with Crippen LogP contribution in [0.4, 0.5) is 0 Å². The van der Waals surface area contributed by atoms with Crippen LogP contribution >= 0.6 is 0 Å². The first kappa shape index (κ1) is 26.4. The van der Waals surface area contributed by atoms with Crippen LogP contribution in [0.2, 0.25) is 0 Å². The fourth-order valence-electron chi connectivity index (χ4n) is 3.80. The maximum Gasteiger partial charge on any atom is 0.379 e. The van der Waals surface area contributed by atoms with Gasteiger partial charge in [-0.25, -0.2) is 4.79 Å². The molecule has 0 unspecified atom stereocenters. The number of likely N-dealkylation sites (N-methyl/N-ethyl adjacent to an activating group) is 1. The van der Waals surface area contributed by atoms with Crippen LogP contribution in [0.25, 0.3) is 0 Å². The number of esters is 1. The molecule has 0 saturated carbocycles. The molecule has 4 heteroatoms. The molecule has 0 saturated heterocycles. The fourth-order valence-corrected chi connectivity index (χ4v) is 3.80. The summed E-state index contributed by atoms with van der Waals surface area (Å²) in [6.07, 6.45) is 17.3. The molecule has 1 aromatic rings. The van der Waals surface area contributed by atoms with Crippen LogP contribution in [-0.4, -0.2) is 30.5 Å². The largest absolute Gasteiger partial charge is 0.379 e. The second-order valence-corrected chi connectivity index (χ2v) is 8.12. The molecule has 0 aliphatic carbocycles. The third-order valence-electron chi connectivity index (χ3n) is 5.81. The van der Waals surface area contributed by atoms with Gasteiger partial charge in [-0.3, -0.25) is 0 Å². The van der Waals surface area contributed by atoms with Gasteiger partial charge in [0.1, 0.15) is 0 Å². The molecule has 0 bridgehead atoms. The molecule has 4 nitrogen and oxygen atoms in total. The SMILES string of the molecule is C=CC(=O)Oc1c(CCN(CC)CC)ccc[n+]1CCCCCCCCCCCC.